The molecule has 0 unspecified atom stereocenters. The first-order valence-electron chi connectivity index (χ1n) is 11.5. The molecule has 1 aromatic carbocycles. The van der Waals surface area contributed by atoms with Crippen LogP contribution in [0.5, 0.6) is 11.6 Å². The van der Waals surface area contributed by atoms with Gasteiger partial charge in [0.15, 0.2) is 10.9 Å². The number of nitrogens with one attached hydrogen (secondary N) is 3. The Morgan fingerprint density at radius 1 is 1.22 bits per heavy atom. The quantitative estimate of drug-likeness (QED) is 0.304. The van der Waals surface area contributed by atoms with Crippen molar-refractivity contribution < 1.29 is 22.7 Å². The number of ether oxygens (including phenoxy) is 1. The number of hydrogen-bond donors (Lipinski definition) is 3. The first-order valence-corrected chi connectivity index (χ1v) is 12.3. The van der Waals surface area contributed by atoms with Gasteiger partial charge in [0.1, 0.15) is 23.4 Å². The number of thiazole rings is 1. The van der Waals surface area contributed by atoms with Crippen LogP contribution in [-0.4, -0.2) is 45.0 Å². The second kappa shape index (κ2) is 10.3. The van der Waals surface area contributed by atoms with Crippen LogP contribution in [0.1, 0.15) is 25.5 Å². The predicted molar refractivity (Wildman–Crippen MR) is 134 cm³/mol. The molecule has 5 rings (SSSR count). The number of para-hydroxylation sites is 1. The molecule has 1 atom stereocenters. The van der Waals surface area contributed by atoms with Gasteiger partial charge in [0, 0.05) is 31.1 Å². The number of fused-ring (bicyclic) bond motifs is 1. The lowest BCUT2D eigenvalue weighted by Crippen LogP contribution is -2.29. The van der Waals surface area contributed by atoms with E-state index in [1.807, 2.05) is 6.07 Å². The number of anilines is 2. The van der Waals surface area contributed by atoms with Crippen molar-refractivity contribution in [3.05, 3.63) is 48.4 Å². The molecule has 37 heavy (non-hydrogen) atoms. The van der Waals surface area contributed by atoms with Crippen LogP contribution >= 0.6 is 11.3 Å². The molecule has 0 saturated carbocycles. The Bertz CT molecular complexity index is 1440. The molecule has 4 heterocycles. The van der Waals surface area contributed by atoms with Gasteiger partial charge < -0.3 is 20.7 Å². The van der Waals surface area contributed by atoms with Crippen LogP contribution in [0.15, 0.2) is 42.7 Å². The molecule has 0 bridgehead atoms. The Kier molecular flexibility index (Phi) is 6.89. The van der Waals surface area contributed by atoms with Gasteiger partial charge in [-0.05, 0) is 43.7 Å². The monoisotopic (exact) mass is 529 g/mol. The molecule has 1 amide bonds. The normalized spacial score (nSPS) is 15.6. The van der Waals surface area contributed by atoms with Crippen molar-refractivity contribution in [2.75, 3.05) is 23.7 Å². The molecule has 3 aromatic heterocycles. The summed E-state index contributed by atoms with van der Waals surface area (Å²) in [6, 6.07) is 9.29. The minimum Gasteiger partial charge on any atom is -0.437 e. The Hall–Kier alpha value is -3.84. The Balaban J connectivity index is 1.45. The Morgan fingerprint density at radius 2 is 2.08 bits per heavy atom. The third-order valence-corrected chi connectivity index (χ3v) is 6.60. The van der Waals surface area contributed by atoms with Crippen molar-refractivity contribution in [1.82, 2.24) is 25.3 Å². The maximum absolute atomic E-state index is 13.4. The van der Waals surface area contributed by atoms with Gasteiger partial charge in [0.2, 0.25) is 11.8 Å². The summed E-state index contributed by atoms with van der Waals surface area (Å²) in [5, 5.41) is 9.46. The van der Waals surface area contributed by atoms with E-state index in [9.17, 15) is 18.0 Å². The van der Waals surface area contributed by atoms with E-state index in [0.717, 1.165) is 30.2 Å². The average Bonchev–Trinajstić information content (AvgIpc) is 3.52. The maximum Gasteiger partial charge on any atom is 0.433 e. The number of carbonyl (C=O) groups excluding carboxylic acids is 1. The summed E-state index contributed by atoms with van der Waals surface area (Å²) in [6.45, 7) is 2.70. The Labute approximate surface area is 213 Å². The predicted octanol–water partition coefficient (Wildman–Crippen LogP) is 5.08. The van der Waals surface area contributed by atoms with Gasteiger partial charge in [-0.3, -0.25) is 4.79 Å². The largest absolute Gasteiger partial charge is 0.437 e. The SMILES string of the molecule is CC(=O)Nc1nc2c(Oc3cc(-c4ccc(C(F)(F)F)nc4NC[C@H]4CCCN4)ncn3)cccc2s1. The van der Waals surface area contributed by atoms with Crippen molar-refractivity contribution in [1.29, 1.82) is 0 Å². The summed E-state index contributed by atoms with van der Waals surface area (Å²) in [6.07, 6.45) is -1.37. The Morgan fingerprint density at radius 3 is 2.84 bits per heavy atom. The van der Waals surface area contributed by atoms with Crippen LogP contribution in [0.3, 0.4) is 0 Å². The van der Waals surface area contributed by atoms with E-state index in [4.69, 9.17) is 4.74 Å². The topological polar surface area (TPSA) is 114 Å². The highest BCUT2D eigenvalue weighted by atomic mass is 32.1. The van der Waals surface area contributed by atoms with E-state index >= 15 is 0 Å². The molecule has 192 valence electrons. The van der Waals surface area contributed by atoms with Crippen LogP contribution in [0.4, 0.5) is 24.1 Å². The summed E-state index contributed by atoms with van der Waals surface area (Å²) in [5.41, 5.74) is 0.281. The van der Waals surface area contributed by atoms with Gasteiger partial charge in [0.05, 0.1) is 10.4 Å². The second-order valence-electron chi connectivity index (χ2n) is 8.41. The molecule has 3 N–H and O–H groups in total. The smallest absolute Gasteiger partial charge is 0.433 e. The summed E-state index contributed by atoms with van der Waals surface area (Å²) < 4.78 is 46.9. The molecule has 0 radical (unpaired) electrons. The molecular weight excluding hydrogens is 507 g/mol. The van der Waals surface area contributed by atoms with Gasteiger partial charge in [-0.25, -0.2) is 19.9 Å². The highest BCUT2D eigenvalue weighted by molar-refractivity contribution is 7.22. The zero-order chi connectivity index (χ0) is 26.0. The van der Waals surface area contributed by atoms with Crippen LogP contribution in [-0.2, 0) is 11.0 Å². The van der Waals surface area contributed by atoms with Gasteiger partial charge in [-0.15, -0.1) is 0 Å². The molecule has 9 nitrogen and oxygen atoms in total. The summed E-state index contributed by atoms with van der Waals surface area (Å²) >= 11 is 1.30. The van der Waals surface area contributed by atoms with E-state index in [1.165, 1.54) is 36.7 Å². The molecule has 0 aliphatic carbocycles. The fourth-order valence-corrected chi connectivity index (χ4v) is 4.90. The number of hydrogen-bond acceptors (Lipinski definition) is 9. The molecule has 0 spiro atoms. The number of benzene rings is 1. The van der Waals surface area contributed by atoms with Crippen molar-refractivity contribution in [2.24, 2.45) is 0 Å². The maximum atomic E-state index is 13.4. The van der Waals surface area contributed by atoms with E-state index in [0.29, 0.717) is 34.2 Å². The van der Waals surface area contributed by atoms with E-state index < -0.39 is 11.9 Å². The van der Waals surface area contributed by atoms with Crippen LogP contribution < -0.4 is 20.7 Å². The molecule has 1 fully saturated rings. The lowest BCUT2D eigenvalue weighted by Gasteiger charge is -2.17. The number of aromatic nitrogens is 4. The highest BCUT2D eigenvalue weighted by Gasteiger charge is 2.33. The van der Waals surface area contributed by atoms with Crippen LogP contribution in [0.2, 0.25) is 0 Å². The van der Waals surface area contributed by atoms with Crippen LogP contribution in [0.25, 0.3) is 21.5 Å². The number of carbonyl (C=O) groups is 1. The van der Waals surface area contributed by atoms with E-state index in [-0.39, 0.29) is 23.6 Å². The minimum atomic E-state index is -4.58. The van der Waals surface area contributed by atoms with Crippen molar-refractivity contribution in [3.63, 3.8) is 0 Å². The molecule has 13 heteroatoms. The molecule has 1 aliphatic heterocycles. The van der Waals surface area contributed by atoms with Gasteiger partial charge >= 0.3 is 6.18 Å². The van der Waals surface area contributed by atoms with Gasteiger partial charge in [-0.2, -0.15) is 13.2 Å². The third-order valence-electron chi connectivity index (χ3n) is 5.66. The molecule has 4 aromatic rings. The number of nitrogens with zero attached hydrogens (tertiary/aromatic N) is 4. The standard InChI is InChI=1S/C24H22F3N7O2S/c1-13(35)32-23-34-21-17(5-2-6-18(21)37-23)36-20-10-16(30-12-31-20)15-7-8-19(24(25,26)27)33-22(15)29-11-14-4-3-9-28-14/h2,5-8,10,12,14,28H,3-4,9,11H2,1H3,(H,29,33)(H,32,34,35)/t14-/m1/s1. The van der Waals surface area contributed by atoms with Gasteiger partial charge in [0.25, 0.3) is 0 Å². The van der Waals surface area contributed by atoms with E-state index in [2.05, 4.69) is 35.9 Å². The zero-order valence-electron chi connectivity index (χ0n) is 19.6. The number of pyridine rings is 1. The third kappa shape index (κ3) is 5.78. The van der Waals surface area contributed by atoms with Crippen LogP contribution in [0, 0.1) is 0 Å². The first-order chi connectivity index (χ1) is 17.8. The number of alkyl halides is 3. The molecule has 1 saturated heterocycles. The second-order valence-corrected chi connectivity index (χ2v) is 9.44. The fourth-order valence-electron chi connectivity index (χ4n) is 3.97. The lowest BCUT2D eigenvalue weighted by atomic mass is 10.1. The number of amides is 1. The lowest BCUT2D eigenvalue weighted by molar-refractivity contribution is -0.141. The first kappa shape index (κ1) is 24.8. The average molecular weight is 530 g/mol. The van der Waals surface area contributed by atoms with Crippen molar-refractivity contribution in [2.45, 2.75) is 32.0 Å². The van der Waals surface area contributed by atoms with Crippen molar-refractivity contribution >= 4 is 38.4 Å². The fraction of sp³-hybridized carbons (Fsp3) is 0.292. The summed E-state index contributed by atoms with van der Waals surface area (Å²) in [7, 11) is 0. The van der Waals surface area contributed by atoms with Gasteiger partial charge in [-0.1, -0.05) is 17.4 Å². The number of rotatable bonds is 7. The highest BCUT2D eigenvalue weighted by Crippen LogP contribution is 2.36. The number of halogens is 3. The van der Waals surface area contributed by atoms with E-state index in [1.54, 1.807) is 12.1 Å². The molecular formula is C24H22F3N7O2S. The summed E-state index contributed by atoms with van der Waals surface area (Å²) in [4.78, 5) is 28.1. The summed E-state index contributed by atoms with van der Waals surface area (Å²) in [5.74, 6) is 0.427. The van der Waals surface area contributed by atoms with Crippen molar-refractivity contribution in [3.8, 4) is 22.9 Å². The minimum absolute atomic E-state index is 0.0785. The zero-order valence-corrected chi connectivity index (χ0v) is 20.4. The molecule has 1 aliphatic rings.